The number of halogens is 1. The molecular formula is C13H20ClN3O5S2. The van der Waals surface area contributed by atoms with E-state index in [0.29, 0.717) is 26.2 Å². The summed E-state index contributed by atoms with van der Waals surface area (Å²) in [5.41, 5.74) is 0. The van der Waals surface area contributed by atoms with Crippen LogP contribution in [0.25, 0.3) is 0 Å². The Kier molecular flexibility index (Phi) is 7.61. The molecule has 0 saturated carbocycles. The summed E-state index contributed by atoms with van der Waals surface area (Å²) >= 11 is 0.989. The van der Waals surface area contributed by atoms with E-state index in [2.05, 4.69) is 10.1 Å². The summed E-state index contributed by atoms with van der Waals surface area (Å²) in [6, 6.07) is 1.35. The van der Waals surface area contributed by atoms with E-state index in [9.17, 15) is 18.0 Å². The lowest BCUT2D eigenvalue weighted by atomic mass is 10.3. The summed E-state index contributed by atoms with van der Waals surface area (Å²) < 4.78 is 30.7. The molecule has 0 spiro atoms. The number of methoxy groups -OCH3 is 1. The van der Waals surface area contributed by atoms with E-state index in [4.69, 9.17) is 0 Å². The van der Waals surface area contributed by atoms with Gasteiger partial charge in [0.2, 0.25) is 15.9 Å². The minimum atomic E-state index is -3.94. The average molecular weight is 398 g/mol. The first-order valence-electron chi connectivity index (χ1n) is 6.98. The summed E-state index contributed by atoms with van der Waals surface area (Å²) in [5.74, 6) is -0.965. The van der Waals surface area contributed by atoms with Gasteiger partial charge in [0.15, 0.2) is 0 Å². The highest BCUT2D eigenvalue weighted by Gasteiger charge is 2.30. The number of ether oxygens (including phenoxy) is 1. The maximum Gasteiger partial charge on any atom is 0.349 e. The third kappa shape index (κ3) is 4.45. The number of hydrogen-bond acceptors (Lipinski definition) is 7. The van der Waals surface area contributed by atoms with Crippen LogP contribution in [0.5, 0.6) is 0 Å². The van der Waals surface area contributed by atoms with Gasteiger partial charge in [0.1, 0.15) is 9.77 Å². The van der Waals surface area contributed by atoms with E-state index < -0.39 is 16.0 Å². The molecule has 2 heterocycles. The van der Waals surface area contributed by atoms with Crippen LogP contribution in [-0.2, 0) is 19.6 Å². The molecule has 1 fully saturated rings. The van der Waals surface area contributed by atoms with Crippen LogP contribution >= 0.6 is 23.7 Å². The first-order chi connectivity index (χ1) is 10.9. The van der Waals surface area contributed by atoms with Crippen LogP contribution < -0.4 is 5.32 Å². The zero-order valence-electron chi connectivity index (χ0n) is 13.4. The van der Waals surface area contributed by atoms with Crippen molar-refractivity contribution in [1.82, 2.24) is 14.5 Å². The van der Waals surface area contributed by atoms with Crippen molar-refractivity contribution in [2.24, 2.45) is 0 Å². The molecule has 0 radical (unpaired) electrons. The highest BCUT2D eigenvalue weighted by Crippen LogP contribution is 2.25. The molecule has 0 aromatic carbocycles. The van der Waals surface area contributed by atoms with E-state index in [-0.39, 0.29) is 34.6 Å². The van der Waals surface area contributed by atoms with Crippen molar-refractivity contribution in [3.63, 3.8) is 0 Å². The highest BCUT2D eigenvalue weighted by atomic mass is 35.5. The SMILES string of the molecule is COC(=O)c1sccc1S(=O)(=O)N(C)CC(=O)N1CCNCC1.Cl. The maximum atomic E-state index is 12.6. The fourth-order valence-corrected chi connectivity index (χ4v) is 4.62. The van der Waals surface area contributed by atoms with Crippen LogP contribution in [-0.4, -0.2) is 76.4 Å². The minimum absolute atomic E-state index is 0. The van der Waals surface area contributed by atoms with Crippen LogP contribution in [0, 0.1) is 0 Å². The number of piperazine rings is 1. The molecule has 0 atom stereocenters. The number of likely N-dealkylation sites (N-methyl/N-ethyl adjacent to an activating group) is 1. The van der Waals surface area contributed by atoms with Crippen molar-refractivity contribution in [1.29, 1.82) is 0 Å². The Bertz CT molecular complexity index is 686. The molecule has 8 nitrogen and oxygen atoms in total. The zero-order chi connectivity index (χ0) is 17.0. The monoisotopic (exact) mass is 397 g/mol. The molecule has 1 N–H and O–H groups in total. The number of amides is 1. The standard InChI is InChI=1S/C13H19N3O5S2.ClH/c1-15(9-11(17)16-6-4-14-5-7-16)23(19,20)10-3-8-22-12(10)13(18)21-2;/h3,8,14H,4-7,9H2,1-2H3;1H. The van der Waals surface area contributed by atoms with Crippen LogP contribution in [0.3, 0.4) is 0 Å². The number of nitrogens with one attached hydrogen (secondary N) is 1. The Labute approximate surface area is 151 Å². The fourth-order valence-electron chi connectivity index (χ4n) is 2.20. The van der Waals surface area contributed by atoms with Crippen LogP contribution in [0.2, 0.25) is 0 Å². The number of thiophene rings is 1. The van der Waals surface area contributed by atoms with E-state index in [1.165, 1.54) is 25.6 Å². The average Bonchev–Trinajstić information content (AvgIpc) is 3.05. The van der Waals surface area contributed by atoms with Crippen LogP contribution in [0.15, 0.2) is 16.3 Å². The number of rotatable bonds is 5. The second-order valence-corrected chi connectivity index (χ2v) is 7.93. The number of carbonyl (C=O) groups is 2. The molecule has 136 valence electrons. The second-order valence-electron chi connectivity index (χ2n) is 5.00. The lowest BCUT2D eigenvalue weighted by Crippen LogP contribution is -2.49. The van der Waals surface area contributed by atoms with Crippen molar-refractivity contribution in [2.75, 3.05) is 46.9 Å². The molecule has 11 heteroatoms. The number of hydrogen-bond donors (Lipinski definition) is 1. The molecular weight excluding hydrogens is 378 g/mol. The molecule has 1 aliphatic heterocycles. The van der Waals surface area contributed by atoms with Crippen molar-refractivity contribution in [3.05, 3.63) is 16.3 Å². The lowest BCUT2D eigenvalue weighted by Gasteiger charge is -2.29. The quantitative estimate of drug-likeness (QED) is 0.703. The Morgan fingerprint density at radius 3 is 2.58 bits per heavy atom. The summed E-state index contributed by atoms with van der Waals surface area (Å²) in [4.78, 5) is 25.4. The zero-order valence-corrected chi connectivity index (χ0v) is 15.8. The molecule has 1 saturated heterocycles. The predicted molar refractivity (Wildman–Crippen MR) is 92.2 cm³/mol. The smallest absolute Gasteiger partial charge is 0.349 e. The van der Waals surface area contributed by atoms with Crippen molar-refractivity contribution in [2.45, 2.75) is 4.90 Å². The summed E-state index contributed by atoms with van der Waals surface area (Å²) in [7, 11) is -1.42. The van der Waals surface area contributed by atoms with E-state index in [1.807, 2.05) is 0 Å². The maximum absolute atomic E-state index is 12.6. The minimum Gasteiger partial charge on any atom is -0.465 e. The molecule has 1 aromatic rings. The first-order valence-corrected chi connectivity index (χ1v) is 9.30. The fraction of sp³-hybridized carbons (Fsp3) is 0.538. The van der Waals surface area contributed by atoms with Gasteiger partial charge >= 0.3 is 5.97 Å². The number of esters is 1. The molecule has 1 amide bonds. The van der Waals surface area contributed by atoms with Crippen molar-refractivity contribution in [3.8, 4) is 0 Å². The van der Waals surface area contributed by atoms with Gasteiger partial charge < -0.3 is 15.0 Å². The topological polar surface area (TPSA) is 96.0 Å². The van der Waals surface area contributed by atoms with Crippen LogP contribution in [0.4, 0.5) is 0 Å². The molecule has 0 unspecified atom stereocenters. The third-order valence-electron chi connectivity index (χ3n) is 3.52. The Balaban J connectivity index is 0.00000288. The predicted octanol–water partition coefficient (Wildman–Crippen LogP) is 0.00880. The summed E-state index contributed by atoms with van der Waals surface area (Å²) in [6.07, 6.45) is 0. The highest BCUT2D eigenvalue weighted by molar-refractivity contribution is 7.89. The van der Waals surface area contributed by atoms with Gasteiger partial charge in [-0.1, -0.05) is 0 Å². The summed E-state index contributed by atoms with van der Waals surface area (Å²) in [6.45, 7) is 2.23. The Morgan fingerprint density at radius 1 is 1.38 bits per heavy atom. The van der Waals surface area contributed by atoms with Crippen molar-refractivity contribution >= 4 is 45.6 Å². The number of carbonyl (C=O) groups excluding carboxylic acids is 2. The molecule has 0 bridgehead atoms. The van der Waals surface area contributed by atoms with E-state index in [1.54, 1.807) is 4.90 Å². The summed E-state index contributed by atoms with van der Waals surface area (Å²) in [5, 5.41) is 4.63. The first kappa shape index (κ1) is 20.8. The molecule has 1 aromatic heterocycles. The molecule has 0 aliphatic carbocycles. The van der Waals surface area contributed by atoms with Crippen LogP contribution in [0.1, 0.15) is 9.67 Å². The van der Waals surface area contributed by atoms with Crippen molar-refractivity contribution < 1.29 is 22.7 Å². The molecule has 1 aliphatic rings. The van der Waals surface area contributed by atoms with Gasteiger partial charge in [0.05, 0.1) is 13.7 Å². The van der Waals surface area contributed by atoms with E-state index >= 15 is 0 Å². The van der Waals surface area contributed by atoms with Gasteiger partial charge in [-0.3, -0.25) is 4.79 Å². The number of sulfonamides is 1. The van der Waals surface area contributed by atoms with E-state index in [0.717, 1.165) is 15.6 Å². The van der Waals surface area contributed by atoms with Gasteiger partial charge in [-0.15, -0.1) is 23.7 Å². The van der Waals surface area contributed by atoms with Gasteiger partial charge in [0.25, 0.3) is 0 Å². The Hall–Kier alpha value is -1.20. The normalized spacial score (nSPS) is 15.0. The lowest BCUT2D eigenvalue weighted by molar-refractivity contribution is -0.131. The van der Waals surface area contributed by atoms with Gasteiger partial charge in [-0.25, -0.2) is 13.2 Å². The number of nitrogens with zero attached hydrogens (tertiary/aromatic N) is 2. The van der Waals surface area contributed by atoms with Gasteiger partial charge in [0, 0.05) is 33.2 Å². The van der Waals surface area contributed by atoms with Gasteiger partial charge in [-0.2, -0.15) is 4.31 Å². The largest absolute Gasteiger partial charge is 0.465 e. The molecule has 24 heavy (non-hydrogen) atoms. The third-order valence-corrected chi connectivity index (χ3v) is 6.39. The molecule has 2 rings (SSSR count). The second kappa shape index (κ2) is 8.77. The van der Waals surface area contributed by atoms with Gasteiger partial charge in [-0.05, 0) is 11.4 Å². The Morgan fingerprint density at radius 2 is 2.00 bits per heavy atom.